The van der Waals surface area contributed by atoms with E-state index in [1.165, 1.54) is 4.90 Å². The topological polar surface area (TPSA) is 30.5 Å². The Kier molecular flexibility index (Phi) is 3.95. The number of piperidine rings is 1. The fraction of sp³-hybridized carbons (Fsp3) is 0.368. The summed E-state index contributed by atoms with van der Waals surface area (Å²) in [7, 11) is 0. The van der Waals surface area contributed by atoms with E-state index in [1.807, 2.05) is 24.3 Å². The van der Waals surface area contributed by atoms with Gasteiger partial charge in [0, 0.05) is 16.4 Å². The molecule has 0 aromatic heterocycles. The number of fused-ring (bicyclic) bond motifs is 1. The molecule has 120 valence electrons. The fourth-order valence-corrected chi connectivity index (χ4v) is 3.92. The molecule has 0 aliphatic carbocycles. The van der Waals surface area contributed by atoms with Crippen LogP contribution in [0.4, 0.5) is 0 Å². The summed E-state index contributed by atoms with van der Waals surface area (Å²) in [6.45, 7) is 2.02. The molecule has 4 heteroatoms. The van der Waals surface area contributed by atoms with Gasteiger partial charge in [-0.05, 0) is 56.5 Å². The monoisotopic (exact) mass is 327 g/mol. The highest BCUT2D eigenvalue weighted by Gasteiger charge is 2.50. The first-order chi connectivity index (χ1) is 11.3. The van der Waals surface area contributed by atoms with Gasteiger partial charge in [0.1, 0.15) is 0 Å². The van der Waals surface area contributed by atoms with E-state index in [0.29, 0.717) is 5.92 Å². The van der Waals surface area contributed by atoms with Gasteiger partial charge in [0.05, 0.1) is 0 Å². The van der Waals surface area contributed by atoms with Crippen LogP contribution < -0.4 is 14.8 Å². The van der Waals surface area contributed by atoms with Crippen LogP contribution in [0.1, 0.15) is 18.4 Å². The van der Waals surface area contributed by atoms with Gasteiger partial charge in [-0.15, -0.1) is 11.8 Å². The maximum atomic E-state index is 6.44. The number of ether oxygens (including phenoxy) is 2. The first-order valence-electron chi connectivity index (χ1n) is 8.14. The number of para-hydroxylation sites is 2. The van der Waals surface area contributed by atoms with Crippen LogP contribution >= 0.6 is 11.8 Å². The summed E-state index contributed by atoms with van der Waals surface area (Å²) < 4.78 is 12.9. The average Bonchev–Trinajstić information content (AvgIpc) is 3.03. The normalized spacial score (nSPS) is 19.7. The maximum Gasteiger partial charge on any atom is 0.281 e. The summed E-state index contributed by atoms with van der Waals surface area (Å²) in [6.07, 6.45) is 4.20. The third kappa shape index (κ3) is 2.60. The van der Waals surface area contributed by atoms with Gasteiger partial charge in [0.25, 0.3) is 5.79 Å². The van der Waals surface area contributed by atoms with Crippen molar-refractivity contribution in [2.75, 3.05) is 19.3 Å². The lowest BCUT2D eigenvalue weighted by atomic mass is 9.84. The lowest BCUT2D eigenvalue weighted by Crippen LogP contribution is -2.47. The van der Waals surface area contributed by atoms with Crippen molar-refractivity contribution in [2.24, 2.45) is 5.92 Å². The van der Waals surface area contributed by atoms with Crippen molar-refractivity contribution in [3.05, 3.63) is 54.1 Å². The zero-order valence-electron chi connectivity index (χ0n) is 13.2. The molecule has 0 unspecified atom stereocenters. The number of thioether (sulfide) groups is 1. The van der Waals surface area contributed by atoms with Gasteiger partial charge in [-0.3, -0.25) is 0 Å². The molecular weight excluding hydrogens is 306 g/mol. The number of nitrogens with one attached hydrogen (secondary N) is 1. The summed E-state index contributed by atoms with van der Waals surface area (Å²) >= 11 is 1.75. The van der Waals surface area contributed by atoms with Crippen LogP contribution in [-0.4, -0.2) is 19.3 Å². The van der Waals surface area contributed by atoms with Crippen LogP contribution in [-0.2, 0) is 5.79 Å². The molecular formula is C19H21NO2S. The molecule has 2 aromatic rings. The summed E-state index contributed by atoms with van der Waals surface area (Å²) in [4.78, 5) is 1.25. The average molecular weight is 327 g/mol. The van der Waals surface area contributed by atoms with E-state index in [-0.39, 0.29) is 0 Å². The van der Waals surface area contributed by atoms with Crippen LogP contribution in [0.3, 0.4) is 0 Å². The molecule has 0 bridgehead atoms. The Labute approximate surface area is 141 Å². The molecule has 0 spiro atoms. The maximum absolute atomic E-state index is 6.44. The molecule has 2 aromatic carbocycles. The van der Waals surface area contributed by atoms with Gasteiger partial charge in [-0.2, -0.15) is 0 Å². The Bertz CT molecular complexity index is 655. The molecule has 2 aliphatic heterocycles. The summed E-state index contributed by atoms with van der Waals surface area (Å²) in [6, 6.07) is 16.6. The van der Waals surface area contributed by atoms with E-state index in [1.54, 1.807) is 11.8 Å². The predicted octanol–water partition coefficient (Wildman–Crippen LogP) is 4.03. The van der Waals surface area contributed by atoms with Crippen molar-refractivity contribution in [3.63, 3.8) is 0 Å². The van der Waals surface area contributed by atoms with Gasteiger partial charge in [0.2, 0.25) is 0 Å². The second kappa shape index (κ2) is 6.10. The molecule has 0 atom stereocenters. The van der Waals surface area contributed by atoms with Crippen LogP contribution in [0.15, 0.2) is 53.4 Å². The number of hydrogen-bond acceptors (Lipinski definition) is 4. The Morgan fingerprint density at radius 1 is 0.957 bits per heavy atom. The minimum atomic E-state index is -0.692. The van der Waals surface area contributed by atoms with Crippen LogP contribution in [0.25, 0.3) is 0 Å². The predicted molar refractivity (Wildman–Crippen MR) is 93.2 cm³/mol. The standard InChI is InChI=1S/C19H21NO2S/c1-23-16-8-6-14(7-9-16)19(15-10-12-20-13-11-15)21-17-4-2-3-5-18(17)22-19/h2-9,15,20H,10-13H2,1H3. The lowest BCUT2D eigenvalue weighted by Gasteiger charge is -2.38. The van der Waals surface area contributed by atoms with Gasteiger partial charge in [-0.1, -0.05) is 24.3 Å². The second-order valence-corrected chi connectivity index (χ2v) is 6.95. The molecule has 1 fully saturated rings. The van der Waals surface area contributed by atoms with E-state index in [0.717, 1.165) is 43.0 Å². The summed E-state index contributed by atoms with van der Waals surface area (Å²) in [5.74, 6) is 1.35. The molecule has 2 aliphatic rings. The molecule has 0 saturated carbocycles. The minimum Gasteiger partial charge on any atom is -0.444 e. The SMILES string of the molecule is CSc1ccc(C2(C3CCNCC3)Oc3ccccc3O2)cc1. The van der Waals surface area contributed by atoms with Crippen LogP contribution in [0.5, 0.6) is 11.5 Å². The highest BCUT2D eigenvalue weighted by atomic mass is 32.2. The zero-order valence-corrected chi connectivity index (χ0v) is 14.1. The fourth-order valence-electron chi connectivity index (χ4n) is 3.51. The second-order valence-electron chi connectivity index (χ2n) is 6.07. The smallest absolute Gasteiger partial charge is 0.281 e. The third-order valence-electron chi connectivity index (χ3n) is 4.74. The van der Waals surface area contributed by atoms with E-state index in [4.69, 9.17) is 9.47 Å². The molecule has 3 nitrogen and oxygen atoms in total. The zero-order chi connectivity index (χ0) is 15.7. The van der Waals surface area contributed by atoms with Crippen LogP contribution in [0.2, 0.25) is 0 Å². The van der Waals surface area contributed by atoms with Gasteiger partial charge < -0.3 is 14.8 Å². The highest BCUT2D eigenvalue weighted by molar-refractivity contribution is 7.98. The van der Waals surface area contributed by atoms with Gasteiger partial charge >= 0.3 is 0 Å². The third-order valence-corrected chi connectivity index (χ3v) is 5.48. The molecule has 23 heavy (non-hydrogen) atoms. The molecule has 0 radical (unpaired) electrons. The number of rotatable bonds is 3. The molecule has 4 rings (SSSR count). The summed E-state index contributed by atoms with van der Waals surface area (Å²) in [5.41, 5.74) is 1.11. The van der Waals surface area contributed by atoms with Crippen molar-refractivity contribution >= 4 is 11.8 Å². The Morgan fingerprint density at radius 2 is 1.57 bits per heavy atom. The van der Waals surface area contributed by atoms with Crippen molar-refractivity contribution in [1.82, 2.24) is 5.32 Å². The lowest BCUT2D eigenvalue weighted by molar-refractivity contribution is -0.142. The Hall–Kier alpha value is -1.65. The number of benzene rings is 2. The highest BCUT2D eigenvalue weighted by Crippen LogP contribution is 2.49. The van der Waals surface area contributed by atoms with E-state index in [9.17, 15) is 0 Å². The van der Waals surface area contributed by atoms with E-state index < -0.39 is 5.79 Å². The first kappa shape index (κ1) is 14.9. The van der Waals surface area contributed by atoms with E-state index >= 15 is 0 Å². The van der Waals surface area contributed by atoms with Crippen molar-refractivity contribution in [2.45, 2.75) is 23.5 Å². The first-order valence-corrected chi connectivity index (χ1v) is 9.36. The van der Waals surface area contributed by atoms with Crippen molar-refractivity contribution < 1.29 is 9.47 Å². The molecule has 1 N–H and O–H groups in total. The molecule has 2 heterocycles. The quantitative estimate of drug-likeness (QED) is 0.862. The molecule has 1 saturated heterocycles. The summed E-state index contributed by atoms with van der Waals surface area (Å²) in [5, 5.41) is 3.43. The Balaban J connectivity index is 1.75. The molecule has 0 amide bonds. The number of hydrogen-bond donors (Lipinski definition) is 1. The van der Waals surface area contributed by atoms with Gasteiger partial charge in [0.15, 0.2) is 11.5 Å². The van der Waals surface area contributed by atoms with Crippen molar-refractivity contribution in [3.8, 4) is 11.5 Å². The minimum absolute atomic E-state index is 0.344. The van der Waals surface area contributed by atoms with E-state index in [2.05, 4.69) is 35.8 Å². The van der Waals surface area contributed by atoms with Gasteiger partial charge in [-0.25, -0.2) is 0 Å². The van der Waals surface area contributed by atoms with Crippen LogP contribution in [0, 0.1) is 5.92 Å². The Morgan fingerprint density at radius 3 is 2.13 bits per heavy atom. The largest absolute Gasteiger partial charge is 0.444 e. The van der Waals surface area contributed by atoms with Crippen molar-refractivity contribution in [1.29, 1.82) is 0 Å².